The minimum atomic E-state index is -3.12. The largest absolute Gasteiger partial charge is 0.655 e. The van der Waals surface area contributed by atoms with E-state index in [1.807, 2.05) is 0 Å². The lowest BCUT2D eigenvalue weighted by Gasteiger charge is -2.28. The van der Waals surface area contributed by atoms with Crippen LogP contribution < -0.4 is 0 Å². The molecule has 1 saturated heterocycles. The summed E-state index contributed by atoms with van der Waals surface area (Å²) in [7, 11) is 0. The molecule has 1 N–H and O–H groups in total. The molecule has 1 aliphatic heterocycles. The molecular formula is C7H9BO6. The molecule has 1 rings (SSSR count). The Kier molecular flexibility index (Phi) is 2.69. The van der Waals surface area contributed by atoms with Gasteiger partial charge in [-0.3, -0.25) is 14.4 Å². The molecule has 76 valence electrons. The molecule has 0 radical (unpaired) electrons. The molecule has 0 aromatic heterocycles. The van der Waals surface area contributed by atoms with Crippen LogP contribution in [0.1, 0.15) is 19.3 Å². The Hall–Kier alpha value is -1.66. The molecule has 0 aliphatic carbocycles. The maximum Gasteiger partial charge on any atom is 0.655 e. The Morgan fingerprint density at radius 3 is 2.07 bits per heavy atom. The third-order valence-electron chi connectivity index (χ3n) is 1.78. The van der Waals surface area contributed by atoms with Gasteiger partial charge in [0.1, 0.15) is 0 Å². The summed E-state index contributed by atoms with van der Waals surface area (Å²) in [5, 5.41) is 8.66. The van der Waals surface area contributed by atoms with Gasteiger partial charge in [0.2, 0.25) is 0 Å². The highest BCUT2D eigenvalue weighted by Gasteiger charge is 2.49. The number of hydrogen-bond acceptors (Lipinski definition) is 5. The van der Waals surface area contributed by atoms with E-state index in [1.54, 1.807) is 0 Å². The smallest absolute Gasteiger partial charge is 0.609 e. The zero-order valence-electron chi connectivity index (χ0n) is 7.39. The second-order valence-electron chi connectivity index (χ2n) is 3.04. The van der Waals surface area contributed by atoms with E-state index in [1.165, 1.54) is 0 Å². The van der Waals surface area contributed by atoms with Crippen LogP contribution in [0.25, 0.3) is 0 Å². The van der Waals surface area contributed by atoms with Gasteiger partial charge >= 0.3 is 6.55 Å². The average molecular weight is 200 g/mol. The predicted octanol–water partition coefficient (Wildman–Crippen LogP) is 0.332. The topological polar surface area (TPSA) is 89.9 Å². The van der Waals surface area contributed by atoms with E-state index in [-0.39, 0.29) is 12.8 Å². The quantitative estimate of drug-likeness (QED) is 0.484. The summed E-state index contributed by atoms with van der Waals surface area (Å²) in [5.74, 6) is -2.97. The average Bonchev–Trinajstić information content (AvgIpc) is 2.00. The lowest BCUT2D eigenvalue weighted by atomic mass is 9.60. The summed E-state index contributed by atoms with van der Waals surface area (Å²) in [6.07, 6.45) is 0.298. The van der Waals surface area contributed by atoms with Gasteiger partial charge in [-0.1, -0.05) is 0 Å². The molecule has 0 atom stereocenters. The van der Waals surface area contributed by atoms with Crippen molar-refractivity contribution in [2.24, 2.45) is 0 Å². The summed E-state index contributed by atoms with van der Waals surface area (Å²) < 4.78 is 8.96. The van der Waals surface area contributed by atoms with E-state index >= 15 is 0 Å². The van der Waals surface area contributed by atoms with Gasteiger partial charge < -0.3 is 14.4 Å². The molecule has 6 nitrogen and oxygen atoms in total. The van der Waals surface area contributed by atoms with Crippen LogP contribution in [0, 0.1) is 6.82 Å². The zero-order chi connectivity index (χ0) is 10.8. The summed E-state index contributed by atoms with van der Waals surface area (Å²) in [6, 6.07) is 0. The summed E-state index contributed by atoms with van der Waals surface area (Å²) in [6.45, 7) is -0.0117. The summed E-state index contributed by atoms with van der Waals surface area (Å²) in [4.78, 5) is 32.6. The van der Waals surface area contributed by atoms with Crippen molar-refractivity contribution in [1.82, 2.24) is 0 Å². The van der Waals surface area contributed by atoms with Crippen molar-refractivity contribution in [3.63, 3.8) is 0 Å². The van der Waals surface area contributed by atoms with Gasteiger partial charge in [-0.25, -0.2) is 0 Å². The SMILES string of the molecule is [CH2+][B-]1(C(=O)O)OC(=O)CCCC(=O)O1. The van der Waals surface area contributed by atoms with E-state index in [0.717, 1.165) is 0 Å². The van der Waals surface area contributed by atoms with Gasteiger partial charge in [0.25, 0.3) is 17.8 Å². The van der Waals surface area contributed by atoms with Crippen molar-refractivity contribution in [3.8, 4) is 0 Å². The van der Waals surface area contributed by atoms with Gasteiger partial charge in [0.05, 0.1) is 0 Å². The lowest BCUT2D eigenvalue weighted by Crippen LogP contribution is -2.51. The maximum absolute atomic E-state index is 11.0. The second kappa shape index (κ2) is 3.61. The normalized spacial score (nSPS) is 21.4. The number of carbonyl (C=O) groups excluding carboxylic acids is 2. The van der Waals surface area contributed by atoms with Crippen LogP contribution in [0.4, 0.5) is 4.79 Å². The van der Waals surface area contributed by atoms with E-state index in [2.05, 4.69) is 16.1 Å². The fraction of sp³-hybridized carbons (Fsp3) is 0.429. The van der Waals surface area contributed by atoms with Crippen LogP contribution in [0.5, 0.6) is 0 Å². The van der Waals surface area contributed by atoms with Crippen LogP contribution in [-0.4, -0.2) is 29.5 Å². The highest BCUT2D eigenvalue weighted by atomic mass is 16.7. The van der Waals surface area contributed by atoms with Crippen LogP contribution in [0.2, 0.25) is 0 Å². The first kappa shape index (κ1) is 10.4. The van der Waals surface area contributed by atoms with Crippen molar-refractivity contribution in [2.45, 2.75) is 19.3 Å². The monoisotopic (exact) mass is 200 g/mol. The van der Waals surface area contributed by atoms with E-state index in [4.69, 9.17) is 5.11 Å². The lowest BCUT2D eigenvalue weighted by molar-refractivity contribution is -0.143. The van der Waals surface area contributed by atoms with Crippen molar-refractivity contribution < 1.29 is 28.8 Å². The highest BCUT2D eigenvalue weighted by Crippen LogP contribution is 2.15. The fourth-order valence-electron chi connectivity index (χ4n) is 1.04. The number of carboxylic acid groups (broad SMARTS) is 1. The van der Waals surface area contributed by atoms with Crippen LogP contribution in [-0.2, 0) is 18.9 Å². The Morgan fingerprint density at radius 2 is 1.71 bits per heavy atom. The second-order valence-corrected chi connectivity index (χ2v) is 3.04. The van der Waals surface area contributed by atoms with Crippen molar-refractivity contribution in [1.29, 1.82) is 0 Å². The highest BCUT2D eigenvalue weighted by molar-refractivity contribution is 6.98. The molecule has 0 aromatic rings. The fourth-order valence-corrected chi connectivity index (χ4v) is 1.04. The molecule has 1 fully saturated rings. The number of rotatable bonds is 1. The number of carbonyl (C=O) groups is 3. The van der Waals surface area contributed by atoms with Crippen molar-refractivity contribution in [3.05, 3.63) is 6.82 Å². The van der Waals surface area contributed by atoms with Gasteiger partial charge in [0, 0.05) is 12.8 Å². The van der Waals surface area contributed by atoms with Crippen LogP contribution in [0.3, 0.4) is 0 Å². The van der Waals surface area contributed by atoms with E-state index in [0.29, 0.717) is 6.42 Å². The molecule has 0 amide bonds. The van der Waals surface area contributed by atoms with Crippen LogP contribution in [0.15, 0.2) is 0 Å². The van der Waals surface area contributed by atoms with Gasteiger partial charge in [-0.15, -0.1) is 0 Å². The minimum absolute atomic E-state index is 0.00139. The molecule has 14 heavy (non-hydrogen) atoms. The predicted molar refractivity (Wildman–Crippen MR) is 45.2 cm³/mol. The Balaban J connectivity index is 2.84. The molecule has 1 aliphatic rings. The third kappa shape index (κ3) is 2.18. The molecule has 0 bridgehead atoms. The first-order chi connectivity index (χ1) is 6.44. The molecular weight excluding hydrogens is 191 g/mol. The Bertz CT molecular complexity index is 268. The molecule has 0 saturated carbocycles. The third-order valence-corrected chi connectivity index (χ3v) is 1.78. The Morgan fingerprint density at radius 1 is 1.29 bits per heavy atom. The molecule has 0 spiro atoms. The Labute approximate surface area is 80.2 Å². The van der Waals surface area contributed by atoms with Gasteiger partial charge in [-0.05, 0) is 13.2 Å². The van der Waals surface area contributed by atoms with Crippen molar-refractivity contribution in [2.75, 3.05) is 0 Å². The summed E-state index contributed by atoms with van der Waals surface area (Å²) >= 11 is 0. The maximum atomic E-state index is 11.0. The first-order valence-electron chi connectivity index (χ1n) is 4.12. The summed E-state index contributed by atoms with van der Waals surface area (Å²) in [5.41, 5.74) is 0. The van der Waals surface area contributed by atoms with Gasteiger partial charge in [-0.2, -0.15) is 0 Å². The van der Waals surface area contributed by atoms with E-state index in [9.17, 15) is 14.4 Å². The zero-order valence-corrected chi connectivity index (χ0v) is 7.39. The van der Waals surface area contributed by atoms with Gasteiger partial charge in [0.15, 0.2) is 0 Å². The minimum Gasteiger partial charge on any atom is -0.609 e. The molecule has 0 unspecified atom stereocenters. The van der Waals surface area contributed by atoms with E-state index < -0.39 is 24.4 Å². The molecule has 0 aromatic carbocycles. The molecule has 7 heteroatoms. The molecule has 1 heterocycles. The first-order valence-corrected chi connectivity index (χ1v) is 4.12. The number of hydrogen-bond donors (Lipinski definition) is 1. The standard InChI is InChI=1S/C7H9BO6/c1-8(7(11)12)13-5(9)3-2-4-6(10)14-8/h1-4H2,(H,11,12). The van der Waals surface area contributed by atoms with Crippen LogP contribution >= 0.6 is 0 Å². The van der Waals surface area contributed by atoms with Crippen molar-refractivity contribution >= 4 is 24.4 Å².